The Labute approximate surface area is 121 Å². The molecule has 0 aliphatic heterocycles. The van der Waals surface area contributed by atoms with E-state index in [0.717, 1.165) is 25.2 Å². The van der Waals surface area contributed by atoms with Crippen LogP contribution in [0.15, 0.2) is 18.3 Å². The van der Waals surface area contributed by atoms with Gasteiger partial charge in [0.2, 0.25) is 0 Å². The molecule has 1 aliphatic carbocycles. The monoisotopic (exact) mass is 275 g/mol. The van der Waals surface area contributed by atoms with E-state index >= 15 is 0 Å². The highest BCUT2D eigenvalue weighted by atomic mass is 16.1. The van der Waals surface area contributed by atoms with E-state index < -0.39 is 0 Å². The van der Waals surface area contributed by atoms with Crippen LogP contribution in [-0.4, -0.2) is 23.5 Å². The molecule has 110 valence electrons. The van der Waals surface area contributed by atoms with Crippen LogP contribution in [0, 0.1) is 5.92 Å². The van der Waals surface area contributed by atoms with Crippen LogP contribution in [0.5, 0.6) is 0 Å². The lowest BCUT2D eigenvalue weighted by molar-refractivity contribution is 0.0904. The molecule has 0 aromatic carbocycles. The van der Waals surface area contributed by atoms with Crippen molar-refractivity contribution in [2.24, 2.45) is 5.92 Å². The average Bonchev–Trinajstić information content (AvgIpc) is 2.48. The van der Waals surface area contributed by atoms with Crippen molar-refractivity contribution in [1.82, 2.24) is 10.3 Å². The molecule has 4 nitrogen and oxygen atoms in total. The first kappa shape index (κ1) is 14.8. The first-order valence-corrected chi connectivity index (χ1v) is 7.75. The molecule has 2 unspecified atom stereocenters. The van der Waals surface area contributed by atoms with Gasteiger partial charge in [-0.15, -0.1) is 0 Å². The Morgan fingerprint density at radius 3 is 2.90 bits per heavy atom. The van der Waals surface area contributed by atoms with Crippen molar-refractivity contribution in [1.29, 1.82) is 0 Å². The molecule has 2 atom stereocenters. The van der Waals surface area contributed by atoms with E-state index in [1.54, 1.807) is 12.3 Å². The van der Waals surface area contributed by atoms with Gasteiger partial charge in [0, 0.05) is 24.3 Å². The number of carbonyl (C=O) groups is 1. The lowest BCUT2D eigenvalue weighted by Gasteiger charge is -2.31. The molecule has 1 fully saturated rings. The molecule has 1 aromatic rings. The maximum absolute atomic E-state index is 12.4. The van der Waals surface area contributed by atoms with E-state index in [2.05, 4.69) is 22.5 Å². The summed E-state index contributed by atoms with van der Waals surface area (Å²) in [6.45, 7) is 5.03. The van der Waals surface area contributed by atoms with E-state index in [1.807, 2.05) is 13.0 Å². The van der Waals surface area contributed by atoms with Crippen molar-refractivity contribution in [3.8, 4) is 0 Å². The minimum atomic E-state index is 0.0249. The zero-order valence-corrected chi connectivity index (χ0v) is 12.5. The highest BCUT2D eigenvalue weighted by Crippen LogP contribution is 2.27. The van der Waals surface area contributed by atoms with Gasteiger partial charge in [-0.1, -0.05) is 26.2 Å². The highest BCUT2D eigenvalue weighted by Gasteiger charge is 2.25. The third kappa shape index (κ3) is 3.71. The number of carbonyl (C=O) groups excluding carboxylic acids is 1. The second-order valence-corrected chi connectivity index (χ2v) is 5.49. The maximum atomic E-state index is 12.4. The largest absolute Gasteiger partial charge is 0.370 e. The van der Waals surface area contributed by atoms with Gasteiger partial charge >= 0.3 is 0 Å². The number of hydrogen-bond acceptors (Lipinski definition) is 3. The molecule has 1 aromatic heterocycles. The van der Waals surface area contributed by atoms with E-state index in [1.165, 1.54) is 19.3 Å². The van der Waals surface area contributed by atoms with Crippen molar-refractivity contribution < 1.29 is 4.79 Å². The second kappa shape index (κ2) is 7.27. The van der Waals surface area contributed by atoms with Crippen LogP contribution in [0.3, 0.4) is 0 Å². The van der Waals surface area contributed by atoms with Crippen molar-refractivity contribution in [3.05, 3.63) is 23.9 Å². The quantitative estimate of drug-likeness (QED) is 0.867. The summed E-state index contributed by atoms with van der Waals surface area (Å²) >= 11 is 0. The van der Waals surface area contributed by atoms with E-state index in [4.69, 9.17) is 0 Å². The molecule has 1 heterocycles. The standard InChI is InChI=1S/C16H25N3O/c1-3-12-7-5-6-8-14(12)19-16(20)13-9-10-18-15(11-13)17-4-2/h9-12,14H,3-8H2,1-2H3,(H,17,18)(H,19,20). The summed E-state index contributed by atoms with van der Waals surface area (Å²) in [7, 11) is 0. The van der Waals surface area contributed by atoms with Gasteiger partial charge in [0.05, 0.1) is 0 Å². The van der Waals surface area contributed by atoms with Crippen molar-refractivity contribution in [3.63, 3.8) is 0 Å². The lowest BCUT2D eigenvalue weighted by Crippen LogP contribution is -2.41. The van der Waals surface area contributed by atoms with Gasteiger partial charge < -0.3 is 10.6 Å². The molecule has 0 radical (unpaired) electrons. The topological polar surface area (TPSA) is 54.0 Å². The van der Waals surface area contributed by atoms with Gasteiger partial charge in [0.1, 0.15) is 5.82 Å². The molecule has 0 spiro atoms. The summed E-state index contributed by atoms with van der Waals surface area (Å²) in [5, 5.41) is 6.35. The van der Waals surface area contributed by atoms with Gasteiger partial charge in [0.25, 0.3) is 5.91 Å². The third-order valence-corrected chi connectivity index (χ3v) is 4.13. The fourth-order valence-electron chi connectivity index (χ4n) is 2.99. The molecular weight excluding hydrogens is 250 g/mol. The van der Waals surface area contributed by atoms with Crippen LogP contribution in [0.2, 0.25) is 0 Å². The molecule has 2 N–H and O–H groups in total. The number of rotatable bonds is 5. The lowest BCUT2D eigenvalue weighted by atomic mass is 9.83. The highest BCUT2D eigenvalue weighted by molar-refractivity contribution is 5.95. The predicted molar refractivity (Wildman–Crippen MR) is 81.9 cm³/mol. The number of nitrogens with one attached hydrogen (secondary N) is 2. The molecule has 0 saturated heterocycles. The number of nitrogens with zero attached hydrogens (tertiary/aromatic N) is 1. The molecule has 1 saturated carbocycles. The van der Waals surface area contributed by atoms with E-state index in [9.17, 15) is 4.79 Å². The molecular formula is C16H25N3O. The predicted octanol–water partition coefficient (Wildman–Crippen LogP) is 3.21. The number of hydrogen-bond donors (Lipinski definition) is 2. The summed E-state index contributed by atoms with van der Waals surface area (Å²) < 4.78 is 0. The Balaban J connectivity index is 2.01. The van der Waals surface area contributed by atoms with Gasteiger partial charge in [-0.3, -0.25) is 4.79 Å². The van der Waals surface area contributed by atoms with E-state index in [0.29, 0.717) is 17.5 Å². The van der Waals surface area contributed by atoms with Crippen LogP contribution < -0.4 is 10.6 Å². The first-order chi connectivity index (χ1) is 9.74. The second-order valence-electron chi connectivity index (χ2n) is 5.49. The smallest absolute Gasteiger partial charge is 0.251 e. The fourth-order valence-corrected chi connectivity index (χ4v) is 2.99. The SMILES string of the molecule is CCNc1cc(C(=O)NC2CCCCC2CC)ccn1. The van der Waals surface area contributed by atoms with Crippen LogP contribution in [-0.2, 0) is 0 Å². The van der Waals surface area contributed by atoms with Gasteiger partial charge in [0.15, 0.2) is 0 Å². The zero-order chi connectivity index (χ0) is 14.4. The van der Waals surface area contributed by atoms with Gasteiger partial charge in [-0.05, 0) is 37.8 Å². The maximum Gasteiger partial charge on any atom is 0.251 e. The molecule has 2 rings (SSSR count). The van der Waals surface area contributed by atoms with Crippen LogP contribution >= 0.6 is 0 Å². The molecule has 1 amide bonds. The fraction of sp³-hybridized carbons (Fsp3) is 0.625. The normalized spacial score (nSPS) is 22.3. The van der Waals surface area contributed by atoms with Crippen molar-refractivity contribution >= 4 is 11.7 Å². The number of pyridine rings is 1. The summed E-state index contributed by atoms with van der Waals surface area (Å²) in [6.07, 6.45) is 7.69. The number of aromatic nitrogens is 1. The van der Waals surface area contributed by atoms with Gasteiger partial charge in [-0.2, -0.15) is 0 Å². The summed E-state index contributed by atoms with van der Waals surface area (Å²) in [6, 6.07) is 3.93. The Morgan fingerprint density at radius 2 is 2.15 bits per heavy atom. The minimum Gasteiger partial charge on any atom is -0.370 e. The number of amides is 1. The summed E-state index contributed by atoms with van der Waals surface area (Å²) in [4.78, 5) is 16.6. The Morgan fingerprint density at radius 1 is 1.35 bits per heavy atom. The van der Waals surface area contributed by atoms with Crippen molar-refractivity contribution in [2.45, 2.75) is 52.0 Å². The van der Waals surface area contributed by atoms with Gasteiger partial charge in [-0.25, -0.2) is 4.98 Å². The van der Waals surface area contributed by atoms with Crippen LogP contribution in [0.4, 0.5) is 5.82 Å². The third-order valence-electron chi connectivity index (χ3n) is 4.13. The zero-order valence-electron chi connectivity index (χ0n) is 12.5. The molecule has 1 aliphatic rings. The Kier molecular flexibility index (Phi) is 5.39. The average molecular weight is 275 g/mol. The Hall–Kier alpha value is -1.58. The van der Waals surface area contributed by atoms with Crippen molar-refractivity contribution in [2.75, 3.05) is 11.9 Å². The summed E-state index contributed by atoms with van der Waals surface area (Å²) in [5.41, 5.74) is 0.691. The van der Waals surface area contributed by atoms with E-state index in [-0.39, 0.29) is 5.91 Å². The minimum absolute atomic E-state index is 0.0249. The summed E-state index contributed by atoms with van der Waals surface area (Å²) in [5.74, 6) is 1.41. The van der Waals surface area contributed by atoms with Crippen LogP contribution in [0.1, 0.15) is 56.3 Å². The molecule has 4 heteroatoms. The molecule has 0 bridgehead atoms. The van der Waals surface area contributed by atoms with Crippen LogP contribution in [0.25, 0.3) is 0 Å². The number of anilines is 1. The first-order valence-electron chi connectivity index (χ1n) is 7.75. The Bertz CT molecular complexity index is 447. The molecule has 20 heavy (non-hydrogen) atoms.